The van der Waals surface area contributed by atoms with Crippen molar-refractivity contribution in [2.45, 2.75) is 6.92 Å². The third-order valence-electron chi connectivity index (χ3n) is 2.58. The van der Waals surface area contributed by atoms with Crippen LogP contribution in [-0.2, 0) is 0 Å². The Balaban J connectivity index is 1.75. The fraction of sp³-hybridized carbons (Fsp3) is 0.0833. The molecule has 0 atom stereocenters. The van der Waals surface area contributed by atoms with Gasteiger partial charge in [0.1, 0.15) is 6.33 Å². The van der Waals surface area contributed by atoms with Crippen molar-refractivity contribution in [3.63, 3.8) is 0 Å². The highest BCUT2D eigenvalue weighted by atomic mass is 32.1. The number of benzene rings is 1. The lowest BCUT2D eigenvalue weighted by Gasteiger charge is -2.03. The minimum absolute atomic E-state index is 0.192. The maximum atomic E-state index is 12.0. The van der Waals surface area contributed by atoms with Gasteiger partial charge in [0.05, 0.1) is 11.4 Å². The van der Waals surface area contributed by atoms with E-state index in [0.29, 0.717) is 10.7 Å². The second-order valence-corrected chi connectivity index (χ2v) is 4.91. The first kappa shape index (κ1) is 12.4. The summed E-state index contributed by atoms with van der Waals surface area (Å²) in [7, 11) is 0. The molecule has 1 amide bonds. The number of carbonyl (C=O) groups is 1. The Morgan fingerprint density at radius 2 is 2.10 bits per heavy atom. The van der Waals surface area contributed by atoms with E-state index in [-0.39, 0.29) is 5.91 Å². The predicted octanol–water partition coefficient (Wildman–Crippen LogP) is 1.68. The monoisotopic (exact) mass is 286 g/mol. The molecule has 0 saturated heterocycles. The van der Waals surface area contributed by atoms with Crippen molar-refractivity contribution in [1.29, 1.82) is 0 Å². The van der Waals surface area contributed by atoms with Crippen molar-refractivity contribution in [3.05, 3.63) is 47.2 Å². The Morgan fingerprint density at radius 3 is 2.70 bits per heavy atom. The Kier molecular flexibility index (Phi) is 3.21. The summed E-state index contributed by atoms with van der Waals surface area (Å²) in [6, 6.07) is 6.98. The zero-order valence-corrected chi connectivity index (χ0v) is 11.3. The van der Waals surface area contributed by atoms with E-state index in [9.17, 15) is 4.79 Å². The van der Waals surface area contributed by atoms with E-state index in [1.165, 1.54) is 22.3 Å². The summed E-state index contributed by atoms with van der Waals surface area (Å²) in [5, 5.41) is 16.1. The topological polar surface area (TPSA) is 85.6 Å². The van der Waals surface area contributed by atoms with Crippen molar-refractivity contribution in [1.82, 2.24) is 25.2 Å². The molecule has 1 N–H and O–H groups in total. The number of amides is 1. The van der Waals surface area contributed by atoms with Gasteiger partial charge in [-0.1, -0.05) is 0 Å². The van der Waals surface area contributed by atoms with Gasteiger partial charge < -0.3 is 0 Å². The number of nitrogens with zero attached hydrogens (tertiary/aromatic N) is 5. The van der Waals surface area contributed by atoms with Crippen molar-refractivity contribution < 1.29 is 4.79 Å². The Labute approximate surface area is 118 Å². The van der Waals surface area contributed by atoms with E-state index < -0.39 is 0 Å². The molecule has 0 radical (unpaired) electrons. The molecule has 8 heteroatoms. The lowest BCUT2D eigenvalue weighted by Crippen LogP contribution is -2.11. The molecule has 0 aliphatic heterocycles. The molecule has 0 bridgehead atoms. The van der Waals surface area contributed by atoms with Crippen LogP contribution in [0.25, 0.3) is 5.69 Å². The molecule has 0 aliphatic rings. The summed E-state index contributed by atoms with van der Waals surface area (Å²) in [4.78, 5) is 16.2. The summed E-state index contributed by atoms with van der Waals surface area (Å²) in [6.45, 7) is 1.88. The molecule has 7 nitrogen and oxygen atoms in total. The normalized spacial score (nSPS) is 10.4. The Morgan fingerprint density at radius 1 is 1.30 bits per heavy atom. The lowest BCUT2D eigenvalue weighted by molar-refractivity contribution is 0.102. The van der Waals surface area contributed by atoms with E-state index in [0.717, 1.165) is 11.4 Å². The molecule has 2 aromatic heterocycles. The van der Waals surface area contributed by atoms with Gasteiger partial charge in [0, 0.05) is 10.9 Å². The Bertz CT molecular complexity index is 719. The molecular formula is C12H10N6OS. The highest BCUT2D eigenvalue weighted by molar-refractivity contribution is 7.13. The molecule has 20 heavy (non-hydrogen) atoms. The minimum Gasteiger partial charge on any atom is -0.298 e. The van der Waals surface area contributed by atoms with Gasteiger partial charge in [0.25, 0.3) is 5.91 Å². The van der Waals surface area contributed by atoms with Crippen LogP contribution in [0.15, 0.2) is 36.0 Å². The number of nitrogens with one attached hydrogen (secondary N) is 1. The summed E-state index contributed by atoms with van der Waals surface area (Å²) in [6.07, 6.45) is 1.49. The number of hydrogen-bond acceptors (Lipinski definition) is 6. The van der Waals surface area contributed by atoms with E-state index in [2.05, 4.69) is 25.8 Å². The van der Waals surface area contributed by atoms with Crippen LogP contribution in [0.5, 0.6) is 0 Å². The SMILES string of the molecule is Cc1csc(NC(=O)c2ccc(-n3cnnn3)cc2)n1. The molecule has 0 spiro atoms. The number of rotatable bonds is 3. The quantitative estimate of drug-likeness (QED) is 0.791. The van der Waals surface area contributed by atoms with Gasteiger partial charge in [0.2, 0.25) is 0 Å². The highest BCUT2D eigenvalue weighted by Crippen LogP contribution is 2.16. The maximum Gasteiger partial charge on any atom is 0.257 e. The van der Waals surface area contributed by atoms with E-state index in [1.54, 1.807) is 24.3 Å². The largest absolute Gasteiger partial charge is 0.298 e. The van der Waals surface area contributed by atoms with Crippen LogP contribution >= 0.6 is 11.3 Å². The third-order valence-corrected chi connectivity index (χ3v) is 3.46. The fourth-order valence-electron chi connectivity index (χ4n) is 1.63. The van der Waals surface area contributed by atoms with E-state index >= 15 is 0 Å². The molecule has 3 rings (SSSR count). The van der Waals surface area contributed by atoms with Gasteiger partial charge in [-0.3, -0.25) is 10.1 Å². The first-order valence-corrected chi connectivity index (χ1v) is 6.67. The first-order chi connectivity index (χ1) is 9.72. The maximum absolute atomic E-state index is 12.0. The summed E-state index contributed by atoms with van der Waals surface area (Å²) < 4.78 is 1.52. The zero-order chi connectivity index (χ0) is 13.9. The molecular weight excluding hydrogens is 276 g/mol. The molecule has 1 aromatic carbocycles. The van der Waals surface area contributed by atoms with Crippen LogP contribution in [0.3, 0.4) is 0 Å². The number of hydrogen-bond donors (Lipinski definition) is 1. The van der Waals surface area contributed by atoms with Gasteiger partial charge in [-0.25, -0.2) is 9.67 Å². The van der Waals surface area contributed by atoms with Crippen molar-refractivity contribution in [3.8, 4) is 5.69 Å². The van der Waals surface area contributed by atoms with E-state index in [4.69, 9.17) is 0 Å². The van der Waals surface area contributed by atoms with Gasteiger partial charge in [-0.2, -0.15) is 0 Å². The molecule has 0 fully saturated rings. The lowest BCUT2D eigenvalue weighted by atomic mass is 10.2. The number of carbonyl (C=O) groups excluding carboxylic acids is 1. The van der Waals surface area contributed by atoms with Crippen molar-refractivity contribution in [2.75, 3.05) is 5.32 Å². The second kappa shape index (κ2) is 5.17. The number of anilines is 1. The molecule has 3 aromatic rings. The third kappa shape index (κ3) is 2.54. The van der Waals surface area contributed by atoms with Crippen LogP contribution < -0.4 is 5.32 Å². The van der Waals surface area contributed by atoms with Crippen LogP contribution in [-0.4, -0.2) is 31.1 Å². The summed E-state index contributed by atoms with van der Waals surface area (Å²) in [5.41, 5.74) is 2.23. The van der Waals surface area contributed by atoms with Gasteiger partial charge >= 0.3 is 0 Å². The Hall–Kier alpha value is -2.61. The van der Waals surface area contributed by atoms with Gasteiger partial charge in [-0.05, 0) is 41.6 Å². The van der Waals surface area contributed by atoms with Gasteiger partial charge in [-0.15, -0.1) is 16.4 Å². The van der Waals surface area contributed by atoms with Gasteiger partial charge in [0.15, 0.2) is 5.13 Å². The molecule has 100 valence electrons. The molecule has 0 unspecified atom stereocenters. The average molecular weight is 286 g/mol. The van der Waals surface area contributed by atoms with E-state index in [1.807, 2.05) is 12.3 Å². The minimum atomic E-state index is -0.192. The van der Waals surface area contributed by atoms with Crippen LogP contribution in [0.4, 0.5) is 5.13 Å². The predicted molar refractivity (Wildman–Crippen MR) is 74.0 cm³/mol. The van der Waals surface area contributed by atoms with Crippen LogP contribution in [0, 0.1) is 6.92 Å². The smallest absolute Gasteiger partial charge is 0.257 e. The van der Waals surface area contributed by atoms with Crippen LogP contribution in [0.2, 0.25) is 0 Å². The van der Waals surface area contributed by atoms with Crippen LogP contribution in [0.1, 0.15) is 16.1 Å². The number of thiazole rings is 1. The summed E-state index contributed by atoms with van der Waals surface area (Å²) in [5.74, 6) is -0.192. The highest BCUT2D eigenvalue weighted by Gasteiger charge is 2.08. The zero-order valence-electron chi connectivity index (χ0n) is 10.5. The van der Waals surface area contributed by atoms with Crippen molar-refractivity contribution in [2.24, 2.45) is 0 Å². The first-order valence-electron chi connectivity index (χ1n) is 5.79. The van der Waals surface area contributed by atoms with Crippen molar-refractivity contribution >= 4 is 22.4 Å². The molecule has 0 aliphatic carbocycles. The number of tetrazole rings is 1. The number of aryl methyl sites for hydroxylation is 1. The number of aromatic nitrogens is 5. The average Bonchev–Trinajstić information content (AvgIpc) is 3.11. The summed E-state index contributed by atoms with van der Waals surface area (Å²) >= 11 is 1.40. The molecule has 0 saturated carbocycles. The molecule has 2 heterocycles. The second-order valence-electron chi connectivity index (χ2n) is 4.05. The standard InChI is InChI=1S/C12H10N6OS/c1-8-6-20-12(14-8)15-11(19)9-2-4-10(5-3-9)18-7-13-16-17-18/h2-7H,1H3,(H,14,15,19). The fourth-order valence-corrected chi connectivity index (χ4v) is 2.31.